The van der Waals surface area contributed by atoms with Gasteiger partial charge in [0.25, 0.3) is 0 Å². The van der Waals surface area contributed by atoms with E-state index in [0.29, 0.717) is 5.75 Å². The number of hydrogen-bond donors (Lipinski definition) is 1. The predicted molar refractivity (Wildman–Crippen MR) is 111 cm³/mol. The normalized spacial score (nSPS) is 14.1. The summed E-state index contributed by atoms with van der Waals surface area (Å²) in [5.74, 6) is 1.29. The summed E-state index contributed by atoms with van der Waals surface area (Å²) >= 11 is 1.44. The van der Waals surface area contributed by atoms with Crippen LogP contribution in [0.2, 0.25) is 0 Å². The number of aromatic nitrogens is 3. The van der Waals surface area contributed by atoms with Gasteiger partial charge in [-0.1, -0.05) is 36.4 Å². The number of thioether (sulfide) groups is 1. The van der Waals surface area contributed by atoms with Crippen LogP contribution in [-0.2, 0) is 17.8 Å². The van der Waals surface area contributed by atoms with E-state index in [2.05, 4.69) is 20.1 Å². The highest BCUT2D eigenvalue weighted by Crippen LogP contribution is 2.30. The second-order valence-corrected chi connectivity index (χ2v) is 7.95. The van der Waals surface area contributed by atoms with Crippen LogP contribution >= 0.6 is 11.8 Å². The first-order valence-corrected chi connectivity index (χ1v) is 10.5. The lowest BCUT2D eigenvalue weighted by Gasteiger charge is -2.07. The minimum atomic E-state index is -0.0527. The van der Waals surface area contributed by atoms with E-state index in [1.807, 2.05) is 42.5 Å². The maximum Gasteiger partial charge on any atom is 0.234 e. The quantitative estimate of drug-likeness (QED) is 0.513. The molecule has 5 rings (SSSR count). The average molecular weight is 392 g/mol. The van der Waals surface area contributed by atoms with E-state index < -0.39 is 0 Å². The maximum absolute atomic E-state index is 12.5. The lowest BCUT2D eigenvalue weighted by molar-refractivity contribution is -0.113. The summed E-state index contributed by atoms with van der Waals surface area (Å²) in [7, 11) is 0. The van der Waals surface area contributed by atoms with Crippen molar-refractivity contribution in [3.63, 3.8) is 0 Å². The third-order valence-electron chi connectivity index (χ3n) is 5.07. The molecule has 0 saturated heterocycles. The van der Waals surface area contributed by atoms with E-state index in [1.54, 1.807) is 0 Å². The summed E-state index contributed by atoms with van der Waals surface area (Å²) in [4.78, 5) is 12.5. The maximum atomic E-state index is 12.5. The molecule has 0 saturated carbocycles. The number of amides is 1. The minimum absolute atomic E-state index is 0.0527. The van der Waals surface area contributed by atoms with Gasteiger partial charge in [0.1, 0.15) is 17.0 Å². The van der Waals surface area contributed by atoms with Crippen molar-refractivity contribution in [1.82, 2.24) is 14.8 Å². The first kappa shape index (κ1) is 17.3. The molecular formula is C21H20N4O2S. The predicted octanol–water partition coefficient (Wildman–Crippen LogP) is 4.63. The SMILES string of the molecule is O=C(CSc1nnc2n1CCCCC2)Nc1ccc2oc3ccccc3c2c1. The number of fused-ring (bicyclic) bond motifs is 4. The molecule has 0 radical (unpaired) electrons. The van der Waals surface area contributed by atoms with E-state index in [4.69, 9.17) is 4.42 Å². The van der Waals surface area contributed by atoms with Crippen molar-refractivity contribution < 1.29 is 9.21 Å². The number of nitrogens with zero attached hydrogens (tertiary/aromatic N) is 3. The topological polar surface area (TPSA) is 73.0 Å². The Labute approximate surface area is 166 Å². The monoisotopic (exact) mass is 392 g/mol. The van der Waals surface area contributed by atoms with Gasteiger partial charge in [0.15, 0.2) is 5.16 Å². The van der Waals surface area contributed by atoms with Crippen LogP contribution in [-0.4, -0.2) is 26.4 Å². The van der Waals surface area contributed by atoms with Crippen LogP contribution < -0.4 is 5.32 Å². The Hall–Kier alpha value is -2.80. The Kier molecular flexibility index (Phi) is 4.52. The molecule has 0 bridgehead atoms. The molecule has 1 amide bonds. The molecule has 142 valence electrons. The first-order valence-electron chi connectivity index (χ1n) is 9.54. The Morgan fingerprint density at radius 1 is 1.07 bits per heavy atom. The molecule has 0 aliphatic carbocycles. The van der Waals surface area contributed by atoms with Gasteiger partial charge >= 0.3 is 0 Å². The van der Waals surface area contributed by atoms with Crippen molar-refractivity contribution >= 4 is 45.3 Å². The summed E-state index contributed by atoms with van der Waals surface area (Å²) in [6.07, 6.45) is 4.50. The van der Waals surface area contributed by atoms with Gasteiger partial charge in [0, 0.05) is 29.4 Å². The van der Waals surface area contributed by atoms with Crippen LogP contribution in [0.25, 0.3) is 21.9 Å². The van der Waals surface area contributed by atoms with Gasteiger partial charge in [0.2, 0.25) is 5.91 Å². The highest BCUT2D eigenvalue weighted by atomic mass is 32.2. The highest BCUT2D eigenvalue weighted by Gasteiger charge is 2.16. The van der Waals surface area contributed by atoms with Crippen LogP contribution in [0.3, 0.4) is 0 Å². The molecule has 1 aliphatic rings. The fourth-order valence-electron chi connectivity index (χ4n) is 3.70. The third-order valence-corrected chi connectivity index (χ3v) is 6.04. The smallest absolute Gasteiger partial charge is 0.234 e. The standard InChI is InChI=1S/C21H20N4O2S/c26-20(13-28-21-24-23-19-8-2-1-5-11-25(19)21)22-14-9-10-18-16(12-14)15-6-3-4-7-17(15)27-18/h3-4,6-7,9-10,12H,1-2,5,8,11,13H2,(H,22,26). The molecule has 4 aromatic rings. The lowest BCUT2D eigenvalue weighted by atomic mass is 10.1. The van der Waals surface area contributed by atoms with Crippen LogP contribution in [0.5, 0.6) is 0 Å². The van der Waals surface area contributed by atoms with Gasteiger partial charge < -0.3 is 14.3 Å². The largest absolute Gasteiger partial charge is 0.456 e. The number of carbonyl (C=O) groups is 1. The Morgan fingerprint density at radius 3 is 2.93 bits per heavy atom. The van der Waals surface area contributed by atoms with Crippen molar-refractivity contribution in [3.05, 3.63) is 48.3 Å². The van der Waals surface area contributed by atoms with Crippen LogP contribution in [0.1, 0.15) is 25.1 Å². The summed E-state index contributed by atoms with van der Waals surface area (Å²) in [5, 5.41) is 14.4. The van der Waals surface area contributed by atoms with Gasteiger partial charge in [-0.2, -0.15) is 0 Å². The number of anilines is 1. The van der Waals surface area contributed by atoms with Gasteiger partial charge in [-0.25, -0.2) is 0 Å². The molecule has 3 heterocycles. The zero-order chi connectivity index (χ0) is 18.9. The molecule has 1 N–H and O–H groups in total. The molecule has 0 unspecified atom stereocenters. The lowest BCUT2D eigenvalue weighted by Crippen LogP contribution is -2.14. The number of rotatable bonds is 4. The molecule has 2 aromatic heterocycles. The number of nitrogens with one attached hydrogen (secondary N) is 1. The van der Waals surface area contributed by atoms with E-state index in [-0.39, 0.29) is 5.91 Å². The van der Waals surface area contributed by atoms with Gasteiger partial charge in [-0.05, 0) is 37.1 Å². The molecule has 6 nitrogen and oxygen atoms in total. The molecular weight excluding hydrogens is 372 g/mol. The zero-order valence-electron chi connectivity index (χ0n) is 15.4. The third kappa shape index (κ3) is 3.26. The molecule has 2 aromatic carbocycles. The fourth-order valence-corrected chi connectivity index (χ4v) is 4.48. The molecule has 1 aliphatic heterocycles. The second kappa shape index (κ2) is 7.31. The van der Waals surface area contributed by atoms with Gasteiger partial charge in [0.05, 0.1) is 5.75 Å². The number of carbonyl (C=O) groups excluding carboxylic acids is 1. The van der Waals surface area contributed by atoms with E-state index >= 15 is 0 Å². The van der Waals surface area contributed by atoms with E-state index in [0.717, 1.165) is 64.4 Å². The van der Waals surface area contributed by atoms with E-state index in [9.17, 15) is 4.79 Å². The van der Waals surface area contributed by atoms with Gasteiger partial charge in [-0.15, -0.1) is 10.2 Å². The van der Waals surface area contributed by atoms with E-state index in [1.165, 1.54) is 18.2 Å². The molecule has 0 fully saturated rings. The van der Waals surface area contributed by atoms with Crippen molar-refractivity contribution in [2.75, 3.05) is 11.1 Å². The summed E-state index contributed by atoms with van der Waals surface area (Å²) in [6, 6.07) is 13.7. The Bertz CT molecular complexity index is 1160. The molecule has 7 heteroatoms. The van der Waals surface area contributed by atoms with Crippen molar-refractivity contribution in [2.45, 2.75) is 37.4 Å². The Balaban J connectivity index is 1.29. The van der Waals surface area contributed by atoms with Crippen molar-refractivity contribution in [3.8, 4) is 0 Å². The zero-order valence-corrected chi connectivity index (χ0v) is 16.2. The van der Waals surface area contributed by atoms with Crippen molar-refractivity contribution in [2.24, 2.45) is 0 Å². The molecule has 0 atom stereocenters. The summed E-state index contributed by atoms with van der Waals surface area (Å²) < 4.78 is 8.00. The number of aryl methyl sites for hydroxylation is 1. The Morgan fingerprint density at radius 2 is 1.96 bits per heavy atom. The average Bonchev–Trinajstić information content (AvgIpc) is 3.18. The van der Waals surface area contributed by atoms with Gasteiger partial charge in [-0.3, -0.25) is 4.79 Å². The van der Waals surface area contributed by atoms with Crippen LogP contribution in [0.15, 0.2) is 52.0 Å². The second-order valence-electron chi connectivity index (χ2n) is 7.01. The first-order chi connectivity index (χ1) is 13.8. The highest BCUT2D eigenvalue weighted by molar-refractivity contribution is 7.99. The number of para-hydroxylation sites is 1. The minimum Gasteiger partial charge on any atom is -0.456 e. The van der Waals surface area contributed by atoms with Crippen molar-refractivity contribution in [1.29, 1.82) is 0 Å². The molecule has 0 spiro atoms. The summed E-state index contributed by atoms with van der Waals surface area (Å²) in [5.41, 5.74) is 2.44. The number of furan rings is 1. The van der Waals surface area contributed by atoms with Crippen LogP contribution in [0.4, 0.5) is 5.69 Å². The number of benzene rings is 2. The molecule has 28 heavy (non-hydrogen) atoms. The fraction of sp³-hybridized carbons (Fsp3) is 0.286. The number of hydrogen-bond acceptors (Lipinski definition) is 5. The summed E-state index contributed by atoms with van der Waals surface area (Å²) in [6.45, 7) is 0.941. The van der Waals surface area contributed by atoms with Crippen LogP contribution in [0, 0.1) is 0 Å².